The number of rotatable bonds is 6. The number of anilines is 1. The number of ether oxygens (including phenoxy) is 1. The molecule has 0 bridgehead atoms. The van der Waals surface area contributed by atoms with Crippen LogP contribution in [0.4, 0.5) is 9.80 Å². The summed E-state index contributed by atoms with van der Waals surface area (Å²) in [6.45, 7) is 1.47. The lowest BCUT2D eigenvalue weighted by Crippen LogP contribution is -2.36. The van der Waals surface area contributed by atoms with E-state index >= 15 is 0 Å². The second kappa shape index (κ2) is 10.5. The van der Waals surface area contributed by atoms with Crippen molar-refractivity contribution in [2.75, 3.05) is 18.5 Å². The maximum Gasteiger partial charge on any atom is 0.341 e. The van der Waals surface area contributed by atoms with E-state index < -0.39 is 29.6 Å². The summed E-state index contributed by atoms with van der Waals surface area (Å²) in [5.74, 6) is -1.64. The number of hydrogen-bond donors (Lipinski definition) is 1. The van der Waals surface area contributed by atoms with E-state index in [1.54, 1.807) is 19.1 Å². The minimum Gasteiger partial charge on any atom is -0.462 e. The van der Waals surface area contributed by atoms with E-state index in [9.17, 15) is 19.2 Å². The number of thioether (sulfide) groups is 1. The van der Waals surface area contributed by atoms with Gasteiger partial charge in [0.05, 0.1) is 17.1 Å². The first-order valence-corrected chi connectivity index (χ1v) is 13.0. The Hall–Kier alpha value is -2.33. The number of carbonyl (C=O) groups excluding carboxylic acids is 4. The highest BCUT2D eigenvalue weighted by Crippen LogP contribution is 2.39. The van der Waals surface area contributed by atoms with Gasteiger partial charge in [-0.3, -0.25) is 19.3 Å². The lowest BCUT2D eigenvalue weighted by molar-refractivity contribution is -0.127. The average Bonchev–Trinajstić information content (AvgIpc) is 3.27. The van der Waals surface area contributed by atoms with Crippen LogP contribution in [0.5, 0.6) is 0 Å². The molecule has 1 aromatic carbocycles. The number of aryl methyl sites for hydroxylation is 1. The number of hydrogen-bond acceptors (Lipinski definition) is 7. The Morgan fingerprint density at radius 3 is 2.71 bits per heavy atom. The first kappa shape index (κ1) is 24.8. The summed E-state index contributed by atoms with van der Waals surface area (Å²) in [7, 11) is 0. The van der Waals surface area contributed by atoms with Crippen molar-refractivity contribution < 1.29 is 23.9 Å². The predicted molar refractivity (Wildman–Crippen MR) is 135 cm³/mol. The van der Waals surface area contributed by atoms with Gasteiger partial charge in [-0.15, -0.1) is 11.3 Å². The third-order valence-corrected chi connectivity index (χ3v) is 8.01. The van der Waals surface area contributed by atoms with Crippen LogP contribution in [0.3, 0.4) is 0 Å². The monoisotopic (exact) mass is 538 g/mol. The van der Waals surface area contributed by atoms with Gasteiger partial charge in [-0.25, -0.2) is 4.79 Å². The smallest absolute Gasteiger partial charge is 0.341 e. The number of fused-ring (bicyclic) bond motifs is 1. The lowest BCUT2D eigenvalue weighted by Gasteiger charge is -2.13. The maximum absolute atomic E-state index is 12.8. The highest BCUT2D eigenvalue weighted by Gasteiger charge is 2.37. The molecule has 0 spiro atoms. The molecule has 1 aliphatic heterocycles. The number of imide groups is 1. The number of esters is 1. The minimum absolute atomic E-state index is 0.154. The molecule has 0 unspecified atom stereocenters. The Bertz CT molecular complexity index is 1220. The van der Waals surface area contributed by atoms with Crippen LogP contribution in [0.15, 0.2) is 23.1 Å². The van der Waals surface area contributed by atoms with Crippen LogP contribution >= 0.6 is 46.3 Å². The molecule has 2 aromatic rings. The zero-order valence-electron chi connectivity index (χ0n) is 18.1. The van der Waals surface area contributed by atoms with Crippen LogP contribution in [0.2, 0.25) is 10.0 Å². The van der Waals surface area contributed by atoms with Gasteiger partial charge >= 0.3 is 5.97 Å². The molecule has 1 fully saturated rings. The zero-order valence-corrected chi connectivity index (χ0v) is 21.3. The summed E-state index contributed by atoms with van der Waals surface area (Å²) in [4.78, 5) is 52.7. The van der Waals surface area contributed by atoms with E-state index in [-0.39, 0.29) is 11.5 Å². The third-order valence-electron chi connectivity index (χ3n) is 5.33. The van der Waals surface area contributed by atoms with Gasteiger partial charge in [-0.1, -0.05) is 29.3 Å². The van der Waals surface area contributed by atoms with Gasteiger partial charge in [0.2, 0.25) is 5.91 Å². The summed E-state index contributed by atoms with van der Waals surface area (Å²) in [6, 6.07) is 4.80. The maximum atomic E-state index is 12.8. The summed E-state index contributed by atoms with van der Waals surface area (Å²) < 4.78 is 5.20. The molecule has 7 nitrogen and oxygen atoms in total. The third kappa shape index (κ3) is 5.17. The molecule has 4 rings (SSSR count). The summed E-state index contributed by atoms with van der Waals surface area (Å²) in [6.07, 6.45) is 5.06. The van der Waals surface area contributed by atoms with E-state index in [2.05, 4.69) is 5.32 Å². The van der Waals surface area contributed by atoms with Gasteiger partial charge in [-0.2, -0.15) is 0 Å². The normalized spacial score (nSPS) is 16.7. The number of carbonyl (C=O) groups is 4. The fourth-order valence-corrected chi connectivity index (χ4v) is 6.36. The zero-order chi connectivity index (χ0) is 24.4. The number of amides is 3. The van der Waals surface area contributed by atoms with Crippen LogP contribution in [0, 0.1) is 0 Å². The molecule has 1 saturated heterocycles. The van der Waals surface area contributed by atoms with Crippen molar-refractivity contribution in [2.24, 2.45) is 0 Å². The molecule has 1 aliphatic carbocycles. The van der Waals surface area contributed by atoms with Gasteiger partial charge in [-0.05, 0) is 73.7 Å². The van der Waals surface area contributed by atoms with Crippen molar-refractivity contribution >= 4 is 80.4 Å². The van der Waals surface area contributed by atoms with Crippen molar-refractivity contribution in [3.8, 4) is 0 Å². The first-order valence-electron chi connectivity index (χ1n) is 10.6. The number of nitrogens with zero attached hydrogens (tertiary/aromatic N) is 1. The van der Waals surface area contributed by atoms with Crippen molar-refractivity contribution in [3.05, 3.63) is 54.7 Å². The molecule has 2 aliphatic rings. The molecule has 1 N–H and O–H groups in total. The molecule has 1 aromatic heterocycles. The van der Waals surface area contributed by atoms with Crippen LogP contribution in [-0.2, 0) is 27.2 Å². The standard InChI is InChI=1S/C23H20Cl2N2O5S2/c1-2-32-22(30)19-14-5-3-4-6-16(14)33-20(19)26-18(28)11-27-21(29)17(34-23(27)31)9-12-7-8-13(24)10-15(12)25/h7-10H,2-6,11H2,1H3,(H,26,28). The fourth-order valence-electron chi connectivity index (χ4n) is 3.78. The fraction of sp³-hybridized carbons (Fsp3) is 0.304. The number of halogens is 2. The molecular formula is C23H20Cl2N2O5S2. The summed E-state index contributed by atoms with van der Waals surface area (Å²) in [5, 5.41) is 3.34. The molecular weight excluding hydrogens is 519 g/mol. The molecule has 0 atom stereocenters. The van der Waals surface area contributed by atoms with Gasteiger partial charge in [0.1, 0.15) is 11.5 Å². The quantitative estimate of drug-likeness (QED) is 0.369. The molecule has 178 valence electrons. The summed E-state index contributed by atoms with van der Waals surface area (Å²) >= 11 is 14.1. The summed E-state index contributed by atoms with van der Waals surface area (Å²) in [5.41, 5.74) is 1.82. The lowest BCUT2D eigenvalue weighted by atomic mass is 9.95. The molecule has 0 radical (unpaired) electrons. The van der Waals surface area contributed by atoms with Gasteiger partial charge in [0.25, 0.3) is 11.1 Å². The Balaban J connectivity index is 1.51. The highest BCUT2D eigenvalue weighted by atomic mass is 35.5. The van der Waals surface area contributed by atoms with E-state index in [1.165, 1.54) is 23.5 Å². The van der Waals surface area contributed by atoms with E-state index in [4.69, 9.17) is 27.9 Å². The SMILES string of the molecule is CCOC(=O)c1c(NC(=O)CN2C(=O)SC(=Cc3ccc(Cl)cc3Cl)C2=O)sc2c1CCCC2. The van der Waals surface area contributed by atoms with Crippen LogP contribution in [0.1, 0.15) is 46.1 Å². The van der Waals surface area contributed by atoms with Gasteiger partial charge in [0.15, 0.2) is 0 Å². The number of nitrogens with one attached hydrogen (secondary N) is 1. The first-order chi connectivity index (χ1) is 16.3. The average molecular weight is 539 g/mol. The minimum atomic E-state index is -0.591. The topological polar surface area (TPSA) is 92.8 Å². The van der Waals surface area contributed by atoms with Crippen LogP contribution in [-0.4, -0.2) is 41.1 Å². The molecule has 0 saturated carbocycles. The van der Waals surface area contributed by atoms with Crippen molar-refractivity contribution in [3.63, 3.8) is 0 Å². The predicted octanol–water partition coefficient (Wildman–Crippen LogP) is 5.79. The molecule has 2 heterocycles. The largest absolute Gasteiger partial charge is 0.462 e. The molecule has 34 heavy (non-hydrogen) atoms. The Kier molecular flexibility index (Phi) is 7.67. The van der Waals surface area contributed by atoms with Gasteiger partial charge < -0.3 is 10.1 Å². The van der Waals surface area contributed by atoms with Crippen LogP contribution in [0.25, 0.3) is 6.08 Å². The van der Waals surface area contributed by atoms with Crippen molar-refractivity contribution in [1.82, 2.24) is 4.90 Å². The Morgan fingerprint density at radius 1 is 1.21 bits per heavy atom. The van der Waals surface area contributed by atoms with Gasteiger partial charge in [0, 0.05) is 14.9 Å². The van der Waals surface area contributed by atoms with Crippen LogP contribution < -0.4 is 5.32 Å². The Morgan fingerprint density at radius 2 is 1.97 bits per heavy atom. The van der Waals surface area contributed by atoms with E-state index in [1.807, 2.05) is 0 Å². The Labute approximate surface area is 214 Å². The van der Waals surface area contributed by atoms with E-state index in [0.717, 1.165) is 52.8 Å². The molecule has 11 heteroatoms. The highest BCUT2D eigenvalue weighted by molar-refractivity contribution is 8.18. The van der Waals surface area contributed by atoms with E-state index in [0.29, 0.717) is 26.2 Å². The second-order valence-electron chi connectivity index (χ2n) is 7.62. The second-order valence-corrected chi connectivity index (χ2v) is 10.6. The number of benzene rings is 1. The van der Waals surface area contributed by atoms with Crippen molar-refractivity contribution in [2.45, 2.75) is 32.6 Å². The number of thiophene rings is 1. The molecule has 3 amide bonds. The van der Waals surface area contributed by atoms with Crippen molar-refractivity contribution in [1.29, 1.82) is 0 Å².